The van der Waals surface area contributed by atoms with E-state index >= 15 is 0 Å². The van der Waals surface area contributed by atoms with E-state index in [1.165, 1.54) is 0 Å². The number of benzene rings is 1. The lowest BCUT2D eigenvalue weighted by Gasteiger charge is -2.03. The van der Waals surface area contributed by atoms with Crippen LogP contribution in [0.2, 0.25) is 5.02 Å². The Bertz CT molecular complexity index is 476. The molecule has 2 rings (SSSR count). The van der Waals surface area contributed by atoms with E-state index in [-0.39, 0.29) is 0 Å². The van der Waals surface area contributed by atoms with E-state index in [2.05, 4.69) is 5.10 Å². The second-order valence-corrected chi connectivity index (χ2v) is 3.83. The third-order valence-corrected chi connectivity index (χ3v) is 2.60. The number of halogens is 1. The monoisotopic (exact) mass is 221 g/mol. The van der Waals surface area contributed by atoms with Gasteiger partial charge in [0.2, 0.25) is 0 Å². The summed E-state index contributed by atoms with van der Waals surface area (Å²) in [5.41, 5.74) is 8.58. The first-order valence-corrected chi connectivity index (χ1v) is 5.06. The molecule has 78 valence electrons. The van der Waals surface area contributed by atoms with E-state index in [1.807, 2.05) is 31.4 Å². The van der Waals surface area contributed by atoms with E-state index in [0.29, 0.717) is 11.6 Å². The zero-order valence-electron chi connectivity index (χ0n) is 8.44. The summed E-state index contributed by atoms with van der Waals surface area (Å²) in [6.45, 7) is 0.507. The largest absolute Gasteiger partial charge is 0.326 e. The molecule has 4 heteroatoms. The van der Waals surface area contributed by atoms with Gasteiger partial charge in [-0.05, 0) is 11.6 Å². The molecule has 3 nitrogen and oxygen atoms in total. The molecule has 15 heavy (non-hydrogen) atoms. The second-order valence-electron chi connectivity index (χ2n) is 3.42. The quantitative estimate of drug-likeness (QED) is 0.845. The highest BCUT2D eigenvalue weighted by atomic mass is 35.5. The standard InChI is InChI=1S/C11H12ClN3/c1-15-7-9(6-14-15)10-3-2-8(5-13)4-11(10)12/h2-4,6-7H,5,13H2,1H3. The highest BCUT2D eigenvalue weighted by molar-refractivity contribution is 6.33. The first-order chi connectivity index (χ1) is 7.20. The molecule has 0 aliphatic rings. The Kier molecular flexibility index (Phi) is 2.75. The van der Waals surface area contributed by atoms with E-state index in [9.17, 15) is 0 Å². The maximum Gasteiger partial charge on any atom is 0.0568 e. The normalized spacial score (nSPS) is 10.6. The van der Waals surface area contributed by atoms with Crippen molar-refractivity contribution < 1.29 is 0 Å². The Hall–Kier alpha value is -1.32. The van der Waals surface area contributed by atoms with Crippen LogP contribution < -0.4 is 5.73 Å². The molecule has 0 aliphatic carbocycles. The fourth-order valence-electron chi connectivity index (χ4n) is 1.48. The van der Waals surface area contributed by atoms with Crippen LogP contribution in [0.5, 0.6) is 0 Å². The van der Waals surface area contributed by atoms with Crippen molar-refractivity contribution in [1.29, 1.82) is 0 Å². The van der Waals surface area contributed by atoms with Crippen molar-refractivity contribution in [3.63, 3.8) is 0 Å². The van der Waals surface area contributed by atoms with Crippen molar-refractivity contribution in [3.05, 3.63) is 41.2 Å². The topological polar surface area (TPSA) is 43.8 Å². The van der Waals surface area contributed by atoms with Crippen molar-refractivity contribution in [2.24, 2.45) is 12.8 Å². The van der Waals surface area contributed by atoms with Crippen molar-refractivity contribution in [3.8, 4) is 11.1 Å². The molecule has 0 atom stereocenters. The fourth-order valence-corrected chi connectivity index (χ4v) is 1.79. The highest BCUT2D eigenvalue weighted by Crippen LogP contribution is 2.28. The number of hydrogen-bond acceptors (Lipinski definition) is 2. The molecule has 1 aromatic heterocycles. The van der Waals surface area contributed by atoms with Crippen molar-refractivity contribution in [1.82, 2.24) is 9.78 Å². The molecular formula is C11H12ClN3. The van der Waals surface area contributed by atoms with Crippen LogP contribution in [0, 0.1) is 0 Å². The van der Waals surface area contributed by atoms with Gasteiger partial charge in [-0.3, -0.25) is 4.68 Å². The van der Waals surface area contributed by atoms with Gasteiger partial charge >= 0.3 is 0 Å². The van der Waals surface area contributed by atoms with E-state index in [0.717, 1.165) is 16.7 Å². The van der Waals surface area contributed by atoms with Crippen LogP contribution in [0.4, 0.5) is 0 Å². The first-order valence-electron chi connectivity index (χ1n) is 4.68. The predicted octanol–water partition coefficient (Wildman–Crippen LogP) is 2.20. The minimum Gasteiger partial charge on any atom is -0.326 e. The molecule has 0 unspecified atom stereocenters. The number of hydrogen-bond donors (Lipinski definition) is 1. The molecule has 0 saturated carbocycles. The molecule has 0 bridgehead atoms. The van der Waals surface area contributed by atoms with E-state index < -0.39 is 0 Å². The summed E-state index contributed by atoms with van der Waals surface area (Å²) >= 11 is 6.16. The van der Waals surface area contributed by atoms with Gasteiger partial charge in [0.25, 0.3) is 0 Å². The smallest absolute Gasteiger partial charge is 0.0568 e. The molecule has 2 aromatic rings. The SMILES string of the molecule is Cn1cc(-c2ccc(CN)cc2Cl)cn1. The first kappa shape index (κ1) is 10.2. The van der Waals surface area contributed by atoms with Crippen LogP contribution in [0.1, 0.15) is 5.56 Å². The molecule has 2 N–H and O–H groups in total. The lowest BCUT2D eigenvalue weighted by atomic mass is 10.1. The van der Waals surface area contributed by atoms with Gasteiger partial charge < -0.3 is 5.73 Å². The van der Waals surface area contributed by atoms with Crippen molar-refractivity contribution >= 4 is 11.6 Å². The van der Waals surface area contributed by atoms with Gasteiger partial charge in [-0.25, -0.2) is 0 Å². The van der Waals surface area contributed by atoms with Gasteiger partial charge in [0.05, 0.1) is 6.20 Å². The zero-order chi connectivity index (χ0) is 10.8. The third kappa shape index (κ3) is 2.03. The van der Waals surface area contributed by atoms with Gasteiger partial charge in [0.15, 0.2) is 0 Å². The summed E-state index contributed by atoms with van der Waals surface area (Å²) in [6.07, 6.45) is 3.73. The Morgan fingerprint density at radius 1 is 1.47 bits per heavy atom. The van der Waals surface area contributed by atoms with Crippen LogP contribution in [0.15, 0.2) is 30.6 Å². The summed E-state index contributed by atoms with van der Waals surface area (Å²) in [6, 6.07) is 5.85. The number of aryl methyl sites for hydroxylation is 1. The number of aromatic nitrogens is 2. The summed E-state index contributed by atoms with van der Waals surface area (Å²) < 4.78 is 1.75. The van der Waals surface area contributed by atoms with Gasteiger partial charge in [-0.2, -0.15) is 5.10 Å². The van der Waals surface area contributed by atoms with Gasteiger partial charge in [-0.1, -0.05) is 23.7 Å². The molecule has 0 spiro atoms. The number of rotatable bonds is 2. The van der Waals surface area contributed by atoms with Gasteiger partial charge in [-0.15, -0.1) is 0 Å². The van der Waals surface area contributed by atoms with Crippen LogP contribution in [-0.4, -0.2) is 9.78 Å². The van der Waals surface area contributed by atoms with Crippen LogP contribution in [-0.2, 0) is 13.6 Å². The Labute approximate surface area is 93.5 Å². The van der Waals surface area contributed by atoms with Gasteiger partial charge in [0.1, 0.15) is 0 Å². The molecule has 1 heterocycles. The minimum atomic E-state index is 0.507. The van der Waals surface area contributed by atoms with Gasteiger partial charge in [0, 0.05) is 35.9 Å². The van der Waals surface area contributed by atoms with Crippen molar-refractivity contribution in [2.75, 3.05) is 0 Å². The molecule has 1 aromatic carbocycles. The molecule has 0 radical (unpaired) electrons. The Morgan fingerprint density at radius 3 is 2.80 bits per heavy atom. The fraction of sp³-hybridized carbons (Fsp3) is 0.182. The predicted molar refractivity (Wildman–Crippen MR) is 61.5 cm³/mol. The average Bonchev–Trinajstić information content (AvgIpc) is 2.64. The second kappa shape index (κ2) is 4.04. The zero-order valence-corrected chi connectivity index (χ0v) is 9.20. The molecular weight excluding hydrogens is 210 g/mol. The number of nitrogens with zero attached hydrogens (tertiary/aromatic N) is 2. The molecule has 0 saturated heterocycles. The lowest BCUT2D eigenvalue weighted by Crippen LogP contribution is -1.95. The summed E-state index contributed by atoms with van der Waals surface area (Å²) in [7, 11) is 1.88. The Balaban J connectivity index is 2.45. The average molecular weight is 222 g/mol. The maximum absolute atomic E-state index is 6.16. The van der Waals surface area contributed by atoms with Crippen molar-refractivity contribution in [2.45, 2.75) is 6.54 Å². The van der Waals surface area contributed by atoms with E-state index in [1.54, 1.807) is 10.9 Å². The maximum atomic E-state index is 6.16. The minimum absolute atomic E-state index is 0.507. The third-order valence-electron chi connectivity index (χ3n) is 2.29. The lowest BCUT2D eigenvalue weighted by molar-refractivity contribution is 0.768. The Morgan fingerprint density at radius 2 is 2.27 bits per heavy atom. The van der Waals surface area contributed by atoms with E-state index in [4.69, 9.17) is 17.3 Å². The summed E-state index contributed by atoms with van der Waals surface area (Å²) in [5.74, 6) is 0. The van der Waals surface area contributed by atoms with Crippen LogP contribution in [0.25, 0.3) is 11.1 Å². The van der Waals surface area contributed by atoms with Crippen LogP contribution in [0.3, 0.4) is 0 Å². The summed E-state index contributed by atoms with van der Waals surface area (Å²) in [4.78, 5) is 0. The van der Waals surface area contributed by atoms with Crippen LogP contribution >= 0.6 is 11.6 Å². The molecule has 0 amide bonds. The summed E-state index contributed by atoms with van der Waals surface area (Å²) in [5, 5.41) is 4.82. The highest BCUT2D eigenvalue weighted by Gasteiger charge is 2.05. The number of nitrogens with two attached hydrogens (primary N) is 1. The molecule has 0 aliphatic heterocycles. The molecule has 0 fully saturated rings.